The first-order chi connectivity index (χ1) is 9.19. The van der Waals surface area contributed by atoms with Gasteiger partial charge in [-0.1, -0.05) is 24.6 Å². The molecule has 5 heteroatoms. The second-order valence-corrected chi connectivity index (χ2v) is 4.94. The molecule has 1 atom stereocenters. The van der Waals surface area contributed by atoms with Crippen LogP contribution in [0, 0.1) is 6.92 Å². The maximum Gasteiger partial charge on any atom is 0.0937 e. The van der Waals surface area contributed by atoms with Gasteiger partial charge in [-0.25, -0.2) is 0 Å². The van der Waals surface area contributed by atoms with E-state index in [2.05, 4.69) is 35.3 Å². The number of aryl methyl sites for hydroxylation is 2. The number of aromatic nitrogens is 3. The van der Waals surface area contributed by atoms with Gasteiger partial charge < -0.3 is 5.32 Å². The van der Waals surface area contributed by atoms with Crippen LogP contribution in [0.25, 0.3) is 0 Å². The van der Waals surface area contributed by atoms with Crippen LogP contribution in [0.15, 0.2) is 24.5 Å². The minimum Gasteiger partial charge on any atom is -0.307 e. The van der Waals surface area contributed by atoms with Crippen molar-refractivity contribution in [2.75, 3.05) is 7.05 Å². The second-order valence-electron chi connectivity index (χ2n) is 4.53. The minimum absolute atomic E-state index is 0.0391. The fourth-order valence-electron chi connectivity index (χ4n) is 2.25. The third-order valence-electron chi connectivity index (χ3n) is 3.15. The van der Waals surface area contributed by atoms with E-state index in [1.165, 1.54) is 0 Å². The molecule has 0 radical (unpaired) electrons. The van der Waals surface area contributed by atoms with Crippen molar-refractivity contribution in [2.24, 2.45) is 0 Å². The van der Waals surface area contributed by atoms with E-state index in [-0.39, 0.29) is 6.04 Å². The lowest BCUT2D eigenvalue weighted by Gasteiger charge is -2.19. The Morgan fingerprint density at radius 2 is 2.26 bits per heavy atom. The lowest BCUT2D eigenvalue weighted by Crippen LogP contribution is -2.23. The zero-order valence-corrected chi connectivity index (χ0v) is 12.3. The molecule has 102 valence electrons. The quantitative estimate of drug-likeness (QED) is 0.914. The Hall–Kier alpha value is -1.39. The van der Waals surface area contributed by atoms with E-state index in [0.717, 1.165) is 29.9 Å². The number of hydrogen-bond acceptors (Lipinski definition) is 3. The van der Waals surface area contributed by atoms with Gasteiger partial charge in [0.2, 0.25) is 0 Å². The van der Waals surface area contributed by atoms with Crippen molar-refractivity contribution in [2.45, 2.75) is 32.9 Å². The van der Waals surface area contributed by atoms with Gasteiger partial charge in [0.1, 0.15) is 0 Å². The molecule has 1 N–H and O–H groups in total. The zero-order chi connectivity index (χ0) is 13.8. The average molecular weight is 279 g/mol. The molecule has 19 heavy (non-hydrogen) atoms. The van der Waals surface area contributed by atoms with Crippen LogP contribution in [0.5, 0.6) is 0 Å². The molecule has 0 aromatic carbocycles. The molecule has 0 aliphatic carbocycles. The Labute approximate surface area is 118 Å². The standard InChI is InChI=1S/C14H19ClN4/c1-4-8-19-14(11(15)9-18-19)13(16-3)12-10(2)6-5-7-17-12/h5-7,9,13,16H,4,8H2,1-3H3. The summed E-state index contributed by atoms with van der Waals surface area (Å²) in [5.41, 5.74) is 3.11. The van der Waals surface area contributed by atoms with E-state index in [0.29, 0.717) is 5.02 Å². The maximum absolute atomic E-state index is 6.31. The summed E-state index contributed by atoms with van der Waals surface area (Å²) in [6.07, 6.45) is 4.53. The highest BCUT2D eigenvalue weighted by atomic mass is 35.5. The molecule has 0 saturated heterocycles. The van der Waals surface area contributed by atoms with Crippen LogP contribution in [-0.4, -0.2) is 21.8 Å². The highest BCUT2D eigenvalue weighted by Crippen LogP contribution is 2.28. The predicted octanol–water partition coefficient (Wildman–Crippen LogP) is 2.96. The highest BCUT2D eigenvalue weighted by Gasteiger charge is 2.22. The van der Waals surface area contributed by atoms with E-state index >= 15 is 0 Å². The van der Waals surface area contributed by atoms with Gasteiger partial charge in [-0.2, -0.15) is 5.10 Å². The van der Waals surface area contributed by atoms with Gasteiger partial charge in [0.05, 0.1) is 28.6 Å². The molecule has 2 aromatic rings. The number of nitrogens with zero attached hydrogens (tertiary/aromatic N) is 3. The summed E-state index contributed by atoms with van der Waals surface area (Å²) >= 11 is 6.31. The summed E-state index contributed by atoms with van der Waals surface area (Å²) < 4.78 is 1.96. The molecule has 0 amide bonds. The molecule has 2 heterocycles. The van der Waals surface area contributed by atoms with Crippen molar-refractivity contribution in [1.82, 2.24) is 20.1 Å². The van der Waals surface area contributed by atoms with Crippen LogP contribution in [0.3, 0.4) is 0 Å². The normalized spacial score (nSPS) is 12.6. The monoisotopic (exact) mass is 278 g/mol. The van der Waals surface area contributed by atoms with Crippen molar-refractivity contribution in [1.29, 1.82) is 0 Å². The first kappa shape index (κ1) is 14.0. The van der Waals surface area contributed by atoms with Gasteiger partial charge >= 0.3 is 0 Å². The molecule has 1 unspecified atom stereocenters. The summed E-state index contributed by atoms with van der Waals surface area (Å²) in [4.78, 5) is 4.49. The Morgan fingerprint density at radius 1 is 1.47 bits per heavy atom. The molecular weight excluding hydrogens is 260 g/mol. The van der Waals surface area contributed by atoms with Crippen LogP contribution in [0.2, 0.25) is 5.02 Å². The minimum atomic E-state index is -0.0391. The molecule has 2 rings (SSSR count). The Kier molecular flexibility index (Phi) is 4.56. The van der Waals surface area contributed by atoms with Crippen molar-refractivity contribution >= 4 is 11.6 Å². The fourth-order valence-corrected chi connectivity index (χ4v) is 2.50. The molecule has 0 aliphatic heterocycles. The van der Waals surface area contributed by atoms with Gasteiger partial charge in [-0.3, -0.25) is 9.67 Å². The second kappa shape index (κ2) is 6.17. The first-order valence-electron chi connectivity index (χ1n) is 6.49. The third-order valence-corrected chi connectivity index (χ3v) is 3.45. The lowest BCUT2D eigenvalue weighted by molar-refractivity contribution is 0.528. The third kappa shape index (κ3) is 2.80. The molecular formula is C14H19ClN4. The van der Waals surface area contributed by atoms with Crippen LogP contribution >= 0.6 is 11.6 Å². The molecule has 0 aliphatic rings. The Morgan fingerprint density at radius 3 is 2.89 bits per heavy atom. The van der Waals surface area contributed by atoms with E-state index in [4.69, 9.17) is 11.6 Å². The summed E-state index contributed by atoms with van der Waals surface area (Å²) in [7, 11) is 1.92. The lowest BCUT2D eigenvalue weighted by atomic mass is 10.1. The van der Waals surface area contributed by atoms with Gasteiger partial charge in [-0.05, 0) is 32.0 Å². The van der Waals surface area contributed by atoms with E-state index < -0.39 is 0 Å². The summed E-state index contributed by atoms with van der Waals surface area (Å²) in [6, 6.07) is 3.96. The van der Waals surface area contributed by atoms with Crippen molar-refractivity contribution in [3.63, 3.8) is 0 Å². The number of nitrogens with one attached hydrogen (secondary N) is 1. The van der Waals surface area contributed by atoms with E-state index in [9.17, 15) is 0 Å². The predicted molar refractivity (Wildman–Crippen MR) is 77.4 cm³/mol. The van der Waals surface area contributed by atoms with Crippen molar-refractivity contribution in [3.8, 4) is 0 Å². The maximum atomic E-state index is 6.31. The average Bonchev–Trinajstić information content (AvgIpc) is 2.75. The van der Waals surface area contributed by atoms with Crippen LogP contribution in [-0.2, 0) is 6.54 Å². The largest absolute Gasteiger partial charge is 0.307 e. The number of hydrogen-bond donors (Lipinski definition) is 1. The Balaban J connectivity index is 2.48. The smallest absolute Gasteiger partial charge is 0.0937 e. The van der Waals surface area contributed by atoms with Gasteiger partial charge in [0, 0.05) is 12.7 Å². The molecule has 0 bridgehead atoms. The van der Waals surface area contributed by atoms with Crippen LogP contribution in [0.4, 0.5) is 0 Å². The van der Waals surface area contributed by atoms with Crippen LogP contribution in [0.1, 0.15) is 36.3 Å². The number of halogens is 1. The number of pyridine rings is 1. The van der Waals surface area contributed by atoms with Crippen LogP contribution < -0.4 is 5.32 Å². The van der Waals surface area contributed by atoms with Gasteiger partial charge in [-0.15, -0.1) is 0 Å². The summed E-state index contributed by atoms with van der Waals surface area (Å²) in [6.45, 7) is 5.03. The molecule has 0 saturated carbocycles. The van der Waals surface area contributed by atoms with Gasteiger partial charge in [0.15, 0.2) is 0 Å². The summed E-state index contributed by atoms with van der Waals surface area (Å²) in [5, 5.41) is 8.32. The molecule has 0 spiro atoms. The SMILES string of the molecule is CCCn1ncc(Cl)c1C(NC)c1ncccc1C. The van der Waals surface area contributed by atoms with E-state index in [1.807, 2.05) is 17.8 Å². The number of rotatable bonds is 5. The zero-order valence-electron chi connectivity index (χ0n) is 11.5. The van der Waals surface area contributed by atoms with Gasteiger partial charge in [0.25, 0.3) is 0 Å². The highest BCUT2D eigenvalue weighted by molar-refractivity contribution is 6.31. The topological polar surface area (TPSA) is 42.7 Å². The molecule has 0 fully saturated rings. The summed E-state index contributed by atoms with van der Waals surface area (Å²) in [5.74, 6) is 0. The molecule has 2 aromatic heterocycles. The fraction of sp³-hybridized carbons (Fsp3) is 0.429. The van der Waals surface area contributed by atoms with Crippen molar-refractivity contribution < 1.29 is 0 Å². The first-order valence-corrected chi connectivity index (χ1v) is 6.86. The van der Waals surface area contributed by atoms with E-state index in [1.54, 1.807) is 12.4 Å². The van der Waals surface area contributed by atoms with Crippen molar-refractivity contribution in [3.05, 3.63) is 46.5 Å². The molecule has 4 nitrogen and oxygen atoms in total. The Bertz CT molecular complexity index is 550.